The Morgan fingerprint density at radius 3 is 2.59 bits per heavy atom. The van der Waals surface area contributed by atoms with Crippen molar-refractivity contribution in [3.05, 3.63) is 33.1 Å². The van der Waals surface area contributed by atoms with Crippen LogP contribution in [0.25, 0.3) is 0 Å². The molecule has 192 valence electrons. The lowest BCUT2D eigenvalue weighted by Gasteiger charge is -2.32. The Bertz CT molecular complexity index is 929. The fourth-order valence-corrected chi connectivity index (χ4v) is 4.50. The molecule has 1 unspecified atom stereocenters. The summed E-state index contributed by atoms with van der Waals surface area (Å²) in [5.41, 5.74) is 4.45. The number of hydrogen-bond acceptors (Lipinski definition) is 9. The van der Waals surface area contributed by atoms with E-state index < -0.39 is 37.8 Å². The molecular formula is C22H36N3O8P. The van der Waals surface area contributed by atoms with Crippen LogP contribution < -0.4 is 17.0 Å². The maximum Gasteiger partial charge on any atom is 0.330 e. The Labute approximate surface area is 200 Å². The molecule has 1 fully saturated rings. The largest absolute Gasteiger partial charge is 0.463 e. The van der Waals surface area contributed by atoms with Gasteiger partial charge in [-0.15, -0.1) is 0 Å². The zero-order chi connectivity index (χ0) is 25.5. The summed E-state index contributed by atoms with van der Waals surface area (Å²) in [5, 5.41) is 0. The molecule has 0 bridgehead atoms. The van der Waals surface area contributed by atoms with Gasteiger partial charge < -0.3 is 19.9 Å². The first-order chi connectivity index (χ1) is 16.0. The fraction of sp³-hybridized carbons (Fsp3) is 0.773. The van der Waals surface area contributed by atoms with Crippen molar-refractivity contribution in [2.45, 2.75) is 71.4 Å². The summed E-state index contributed by atoms with van der Waals surface area (Å²) in [7, 11) is -0.492. The number of H-pyrrole nitrogens is 1. The van der Waals surface area contributed by atoms with E-state index in [2.05, 4.69) is 4.98 Å². The number of aromatic nitrogens is 2. The van der Waals surface area contributed by atoms with Crippen LogP contribution in [0.5, 0.6) is 0 Å². The minimum Gasteiger partial charge on any atom is -0.463 e. The second-order valence-electron chi connectivity index (χ2n) is 9.41. The average Bonchev–Trinajstić information content (AvgIpc) is 2.97. The minimum absolute atomic E-state index is 0.00752. The van der Waals surface area contributed by atoms with E-state index in [0.29, 0.717) is 26.1 Å². The van der Waals surface area contributed by atoms with Gasteiger partial charge in [0.2, 0.25) is 0 Å². The van der Waals surface area contributed by atoms with Crippen LogP contribution in [0.3, 0.4) is 0 Å². The molecule has 11 nitrogen and oxygen atoms in total. The molecule has 2 heterocycles. The van der Waals surface area contributed by atoms with E-state index in [-0.39, 0.29) is 36.4 Å². The van der Waals surface area contributed by atoms with Crippen molar-refractivity contribution < 1.29 is 28.1 Å². The van der Waals surface area contributed by atoms with Gasteiger partial charge in [-0.3, -0.25) is 23.7 Å². The minimum atomic E-state index is -1.01. The van der Waals surface area contributed by atoms with Gasteiger partial charge >= 0.3 is 20.3 Å². The zero-order valence-corrected chi connectivity index (χ0v) is 21.3. The summed E-state index contributed by atoms with van der Waals surface area (Å²) in [5.74, 6) is -0.666. The first kappa shape index (κ1) is 28.3. The van der Waals surface area contributed by atoms with Crippen molar-refractivity contribution in [2.75, 3.05) is 19.8 Å². The van der Waals surface area contributed by atoms with Crippen molar-refractivity contribution in [2.24, 2.45) is 23.5 Å². The Balaban J connectivity index is 2.02. The van der Waals surface area contributed by atoms with Crippen LogP contribution in [0.1, 0.15) is 53.7 Å². The number of rotatable bonds is 13. The van der Waals surface area contributed by atoms with E-state index in [0.717, 1.165) is 0 Å². The molecule has 3 N–H and O–H groups in total. The third-order valence-electron chi connectivity index (χ3n) is 6.08. The van der Waals surface area contributed by atoms with Crippen LogP contribution in [0.4, 0.5) is 0 Å². The maximum absolute atomic E-state index is 12.3. The molecule has 0 aromatic carbocycles. The van der Waals surface area contributed by atoms with Crippen LogP contribution in [0, 0.1) is 17.8 Å². The highest BCUT2D eigenvalue weighted by Crippen LogP contribution is 2.42. The Kier molecular flexibility index (Phi) is 10.6. The highest BCUT2D eigenvalue weighted by Gasteiger charge is 2.52. The second-order valence-corrected chi connectivity index (χ2v) is 9.82. The molecule has 1 aromatic rings. The van der Waals surface area contributed by atoms with Crippen LogP contribution in [0.15, 0.2) is 21.9 Å². The number of nitrogens with one attached hydrogen (secondary N) is 1. The Hall–Kier alpha value is -1.91. The molecule has 0 amide bonds. The van der Waals surface area contributed by atoms with E-state index in [1.807, 2.05) is 27.7 Å². The predicted molar refractivity (Wildman–Crippen MR) is 124 cm³/mol. The molecule has 0 saturated carbocycles. The summed E-state index contributed by atoms with van der Waals surface area (Å²) in [6.45, 7) is 10.1. The lowest BCUT2D eigenvalue weighted by molar-refractivity contribution is -0.154. The van der Waals surface area contributed by atoms with Gasteiger partial charge in [-0.05, 0) is 39.5 Å². The van der Waals surface area contributed by atoms with Gasteiger partial charge in [-0.2, -0.15) is 0 Å². The van der Waals surface area contributed by atoms with Crippen molar-refractivity contribution in [1.29, 1.82) is 0 Å². The third-order valence-corrected chi connectivity index (χ3v) is 6.34. The van der Waals surface area contributed by atoms with Crippen LogP contribution in [0.2, 0.25) is 0 Å². The standard InChI is InChI=1S/C22H36N3O8P/c1-13(2)15(19(27)32-14(3)4)7-10-30-11-8-16-17(12-31-34-29)33-20(22(16,5)23)25-9-6-18(26)24-21(25)28/h6,9,13-17,20H,7-8,10-12,23H2,1-5H3,(H,24,26,28)/t15?,16-,17-,20-,22-/m1/s1. The number of ether oxygens (including phenoxy) is 3. The summed E-state index contributed by atoms with van der Waals surface area (Å²) < 4.78 is 34.3. The van der Waals surface area contributed by atoms with Gasteiger partial charge in [0.15, 0.2) is 6.23 Å². The van der Waals surface area contributed by atoms with Crippen molar-refractivity contribution in [1.82, 2.24) is 9.55 Å². The van der Waals surface area contributed by atoms with E-state index >= 15 is 0 Å². The number of nitrogens with zero attached hydrogens (tertiary/aromatic N) is 1. The Morgan fingerprint density at radius 2 is 2.00 bits per heavy atom. The summed E-state index contributed by atoms with van der Waals surface area (Å²) in [6.07, 6.45) is 0.759. The van der Waals surface area contributed by atoms with Crippen LogP contribution in [-0.2, 0) is 28.1 Å². The normalized spacial score (nSPS) is 25.8. The molecule has 1 aliphatic heterocycles. The lowest BCUT2D eigenvalue weighted by Crippen LogP contribution is -2.51. The molecule has 34 heavy (non-hydrogen) atoms. The molecule has 1 saturated heterocycles. The molecule has 2 rings (SSSR count). The number of carbonyl (C=O) groups excluding carboxylic acids is 1. The van der Waals surface area contributed by atoms with Crippen molar-refractivity contribution >= 4 is 14.7 Å². The quantitative estimate of drug-likeness (QED) is 0.235. The van der Waals surface area contributed by atoms with E-state index in [4.69, 9.17) is 24.5 Å². The van der Waals surface area contributed by atoms with Gasteiger partial charge in [0, 0.05) is 31.4 Å². The highest BCUT2D eigenvalue weighted by molar-refractivity contribution is 7.17. The highest BCUT2D eigenvalue weighted by atomic mass is 31.1. The van der Waals surface area contributed by atoms with Crippen molar-refractivity contribution in [3.63, 3.8) is 0 Å². The molecule has 1 aliphatic rings. The molecule has 5 atom stereocenters. The molecule has 12 heteroatoms. The average molecular weight is 502 g/mol. The van der Waals surface area contributed by atoms with Gasteiger partial charge in [0.1, 0.15) is 0 Å². The van der Waals surface area contributed by atoms with Gasteiger partial charge in [-0.25, -0.2) is 9.36 Å². The van der Waals surface area contributed by atoms with Crippen LogP contribution in [-0.4, -0.2) is 53.1 Å². The number of esters is 1. The van der Waals surface area contributed by atoms with Crippen LogP contribution >= 0.6 is 8.69 Å². The maximum atomic E-state index is 12.3. The molecule has 0 radical (unpaired) electrons. The van der Waals surface area contributed by atoms with Gasteiger partial charge in [0.25, 0.3) is 5.56 Å². The number of carbonyl (C=O) groups is 1. The number of nitrogens with two attached hydrogens (primary N) is 1. The predicted octanol–water partition coefficient (Wildman–Crippen LogP) is 2.01. The number of aromatic amines is 1. The fourth-order valence-electron chi connectivity index (χ4n) is 4.29. The lowest BCUT2D eigenvalue weighted by atomic mass is 9.82. The third kappa shape index (κ3) is 7.29. The topological polar surface area (TPSA) is 152 Å². The van der Waals surface area contributed by atoms with Gasteiger partial charge in [0.05, 0.1) is 30.3 Å². The van der Waals surface area contributed by atoms with E-state index in [1.54, 1.807) is 6.92 Å². The molecule has 0 spiro atoms. The zero-order valence-electron chi connectivity index (χ0n) is 20.4. The van der Waals surface area contributed by atoms with Crippen molar-refractivity contribution in [3.8, 4) is 0 Å². The molecule has 0 aliphatic carbocycles. The molecule has 1 aromatic heterocycles. The van der Waals surface area contributed by atoms with E-state index in [9.17, 15) is 18.9 Å². The summed E-state index contributed by atoms with van der Waals surface area (Å²) in [6, 6.07) is 1.22. The SMILES string of the molecule is CC(C)OC(=O)C(CCOCC[C@@H]1[C@@H](COP=O)O[C@@H](n2ccc(=O)[nH]c2=O)[C@]1(C)N)C(C)C. The van der Waals surface area contributed by atoms with E-state index in [1.165, 1.54) is 16.8 Å². The first-order valence-electron chi connectivity index (χ1n) is 11.5. The first-order valence-corrected chi connectivity index (χ1v) is 12.2. The Morgan fingerprint density at radius 1 is 1.29 bits per heavy atom. The molecular weight excluding hydrogens is 465 g/mol. The second kappa shape index (κ2) is 12.7. The van der Waals surface area contributed by atoms with Gasteiger partial charge in [-0.1, -0.05) is 13.8 Å². The monoisotopic (exact) mass is 501 g/mol. The number of hydrogen-bond donors (Lipinski definition) is 2. The summed E-state index contributed by atoms with van der Waals surface area (Å²) >= 11 is 0. The summed E-state index contributed by atoms with van der Waals surface area (Å²) in [4.78, 5) is 38.3. The smallest absolute Gasteiger partial charge is 0.330 e.